The average molecular weight is 267 g/mol. The maximum Gasteiger partial charge on any atom is 0.134 e. The van der Waals surface area contributed by atoms with Crippen LogP contribution >= 0.6 is 23.4 Å². The van der Waals surface area contributed by atoms with Crippen molar-refractivity contribution in [2.24, 2.45) is 0 Å². The molecule has 0 bridgehead atoms. The van der Waals surface area contributed by atoms with Crippen molar-refractivity contribution in [2.75, 3.05) is 17.3 Å². The summed E-state index contributed by atoms with van der Waals surface area (Å²) in [6.45, 7) is 0. The Balaban J connectivity index is 2.27. The van der Waals surface area contributed by atoms with Gasteiger partial charge in [0.15, 0.2) is 0 Å². The lowest BCUT2D eigenvalue weighted by Crippen LogP contribution is -1.96. The van der Waals surface area contributed by atoms with E-state index in [1.807, 2.05) is 12.3 Å². The Bertz CT molecular complexity index is 533. The number of nitrogen functional groups attached to an aromatic ring is 1. The van der Waals surface area contributed by atoms with Crippen LogP contribution in [0.3, 0.4) is 0 Å². The van der Waals surface area contributed by atoms with Gasteiger partial charge in [-0.3, -0.25) is 0 Å². The van der Waals surface area contributed by atoms with E-state index in [2.05, 4.69) is 15.3 Å². The molecule has 1 heterocycles. The van der Waals surface area contributed by atoms with Gasteiger partial charge < -0.3 is 11.1 Å². The van der Waals surface area contributed by atoms with E-state index >= 15 is 0 Å². The molecule has 88 valence electrons. The van der Waals surface area contributed by atoms with Gasteiger partial charge in [0.25, 0.3) is 0 Å². The van der Waals surface area contributed by atoms with E-state index in [4.69, 9.17) is 17.3 Å². The van der Waals surface area contributed by atoms with Crippen molar-refractivity contribution < 1.29 is 0 Å². The average Bonchev–Trinajstić information content (AvgIpc) is 2.34. The molecule has 2 aromatic rings. The standard InChI is InChI=1S/C11H11ClN4S/c1-17-11-5-10(14-6-15-11)16-9-4-7(13)2-3-8(9)12/h2-6H,13H2,1H3,(H,14,15,16). The molecule has 0 spiro atoms. The topological polar surface area (TPSA) is 63.8 Å². The Labute approximate surface area is 109 Å². The van der Waals surface area contributed by atoms with Crippen molar-refractivity contribution >= 4 is 40.6 Å². The molecule has 0 atom stereocenters. The van der Waals surface area contributed by atoms with Gasteiger partial charge in [-0.2, -0.15) is 0 Å². The van der Waals surface area contributed by atoms with Crippen molar-refractivity contribution in [3.8, 4) is 0 Å². The molecule has 4 nitrogen and oxygen atoms in total. The molecule has 1 aromatic heterocycles. The number of nitrogens with two attached hydrogens (primary N) is 1. The second-order valence-electron chi connectivity index (χ2n) is 3.31. The minimum Gasteiger partial charge on any atom is -0.399 e. The predicted octanol–water partition coefficient (Wildman–Crippen LogP) is 3.18. The third-order valence-corrected chi connectivity index (χ3v) is 3.08. The highest BCUT2D eigenvalue weighted by molar-refractivity contribution is 7.98. The van der Waals surface area contributed by atoms with Crippen LogP contribution in [0.2, 0.25) is 5.02 Å². The van der Waals surface area contributed by atoms with Gasteiger partial charge >= 0.3 is 0 Å². The molecule has 0 saturated heterocycles. The summed E-state index contributed by atoms with van der Waals surface area (Å²) in [4.78, 5) is 8.21. The van der Waals surface area contributed by atoms with Gasteiger partial charge in [-0.15, -0.1) is 11.8 Å². The van der Waals surface area contributed by atoms with Crippen LogP contribution in [-0.4, -0.2) is 16.2 Å². The first-order chi connectivity index (χ1) is 8.19. The number of hydrogen-bond acceptors (Lipinski definition) is 5. The maximum atomic E-state index is 6.05. The Hall–Kier alpha value is -1.46. The summed E-state index contributed by atoms with van der Waals surface area (Å²) >= 11 is 7.61. The van der Waals surface area contributed by atoms with Gasteiger partial charge in [0.2, 0.25) is 0 Å². The molecule has 2 rings (SSSR count). The quantitative estimate of drug-likeness (QED) is 0.507. The van der Waals surface area contributed by atoms with Crippen LogP contribution in [0, 0.1) is 0 Å². The predicted molar refractivity (Wildman–Crippen MR) is 73.0 cm³/mol. The first-order valence-electron chi connectivity index (χ1n) is 4.87. The number of aromatic nitrogens is 2. The van der Waals surface area contributed by atoms with Gasteiger partial charge in [0, 0.05) is 11.8 Å². The van der Waals surface area contributed by atoms with E-state index in [-0.39, 0.29) is 0 Å². The molecular weight excluding hydrogens is 256 g/mol. The molecule has 0 aliphatic heterocycles. The maximum absolute atomic E-state index is 6.05. The lowest BCUT2D eigenvalue weighted by Gasteiger charge is -2.08. The lowest BCUT2D eigenvalue weighted by molar-refractivity contribution is 1.05. The highest BCUT2D eigenvalue weighted by Gasteiger charge is 2.03. The van der Waals surface area contributed by atoms with Gasteiger partial charge in [-0.1, -0.05) is 11.6 Å². The van der Waals surface area contributed by atoms with Gasteiger partial charge in [0.1, 0.15) is 17.2 Å². The summed E-state index contributed by atoms with van der Waals surface area (Å²) in [5.74, 6) is 0.692. The zero-order valence-corrected chi connectivity index (χ0v) is 10.7. The molecule has 0 radical (unpaired) electrons. The minimum atomic E-state index is 0.600. The van der Waals surface area contributed by atoms with E-state index in [0.717, 1.165) is 10.7 Å². The van der Waals surface area contributed by atoms with Crippen LogP contribution in [0.15, 0.2) is 35.6 Å². The number of benzene rings is 1. The van der Waals surface area contributed by atoms with Crippen molar-refractivity contribution in [2.45, 2.75) is 5.03 Å². The molecule has 1 aromatic carbocycles. The molecule has 0 amide bonds. The van der Waals surface area contributed by atoms with Gasteiger partial charge in [-0.25, -0.2) is 9.97 Å². The van der Waals surface area contributed by atoms with Crippen LogP contribution in [0.1, 0.15) is 0 Å². The third-order valence-electron chi connectivity index (χ3n) is 2.10. The number of hydrogen-bond donors (Lipinski definition) is 2. The van der Waals surface area contributed by atoms with E-state index in [0.29, 0.717) is 16.5 Å². The van der Waals surface area contributed by atoms with Crippen molar-refractivity contribution in [3.63, 3.8) is 0 Å². The Morgan fingerprint density at radius 1 is 1.29 bits per heavy atom. The third kappa shape index (κ3) is 3.01. The number of nitrogens with one attached hydrogen (secondary N) is 1. The van der Waals surface area contributed by atoms with Crippen LogP contribution in [0.4, 0.5) is 17.2 Å². The minimum absolute atomic E-state index is 0.600. The fourth-order valence-electron chi connectivity index (χ4n) is 1.30. The highest BCUT2D eigenvalue weighted by Crippen LogP contribution is 2.27. The Morgan fingerprint density at radius 2 is 2.12 bits per heavy atom. The largest absolute Gasteiger partial charge is 0.399 e. The summed E-state index contributed by atoms with van der Waals surface area (Å²) in [5.41, 5.74) is 7.08. The van der Waals surface area contributed by atoms with E-state index < -0.39 is 0 Å². The van der Waals surface area contributed by atoms with E-state index in [1.165, 1.54) is 6.33 Å². The summed E-state index contributed by atoms with van der Waals surface area (Å²) in [6, 6.07) is 7.12. The lowest BCUT2D eigenvalue weighted by atomic mass is 10.3. The second-order valence-corrected chi connectivity index (χ2v) is 4.54. The van der Waals surface area contributed by atoms with E-state index in [9.17, 15) is 0 Å². The molecule has 3 N–H and O–H groups in total. The van der Waals surface area contributed by atoms with Crippen LogP contribution in [0.25, 0.3) is 0 Å². The summed E-state index contributed by atoms with van der Waals surface area (Å²) in [6.07, 6.45) is 3.47. The van der Waals surface area contributed by atoms with Crippen molar-refractivity contribution in [1.29, 1.82) is 0 Å². The first-order valence-corrected chi connectivity index (χ1v) is 6.47. The first kappa shape index (κ1) is 12.0. The normalized spacial score (nSPS) is 10.2. The Morgan fingerprint density at radius 3 is 2.88 bits per heavy atom. The smallest absolute Gasteiger partial charge is 0.134 e. The van der Waals surface area contributed by atoms with Gasteiger partial charge in [0.05, 0.1) is 10.7 Å². The molecule has 17 heavy (non-hydrogen) atoms. The van der Waals surface area contributed by atoms with Gasteiger partial charge in [-0.05, 0) is 24.5 Å². The molecule has 0 unspecified atom stereocenters. The molecule has 0 aliphatic rings. The number of halogens is 1. The highest BCUT2D eigenvalue weighted by atomic mass is 35.5. The fraction of sp³-hybridized carbons (Fsp3) is 0.0909. The number of rotatable bonds is 3. The second kappa shape index (κ2) is 5.25. The zero-order valence-electron chi connectivity index (χ0n) is 9.14. The monoisotopic (exact) mass is 266 g/mol. The SMILES string of the molecule is CSc1cc(Nc2cc(N)ccc2Cl)ncn1. The molecule has 0 saturated carbocycles. The number of anilines is 3. The summed E-state index contributed by atoms with van der Waals surface area (Å²) in [7, 11) is 0. The van der Waals surface area contributed by atoms with Crippen LogP contribution in [-0.2, 0) is 0 Å². The fourth-order valence-corrected chi connectivity index (χ4v) is 1.84. The summed E-state index contributed by atoms with van der Waals surface area (Å²) in [5, 5.41) is 4.60. The molecule has 0 fully saturated rings. The molecule has 0 aliphatic carbocycles. The van der Waals surface area contributed by atoms with Crippen molar-refractivity contribution in [1.82, 2.24) is 9.97 Å². The number of thioether (sulfide) groups is 1. The van der Waals surface area contributed by atoms with Crippen LogP contribution < -0.4 is 11.1 Å². The molecule has 6 heteroatoms. The van der Waals surface area contributed by atoms with E-state index in [1.54, 1.807) is 30.0 Å². The summed E-state index contributed by atoms with van der Waals surface area (Å²) < 4.78 is 0. The Kier molecular flexibility index (Phi) is 3.71. The zero-order chi connectivity index (χ0) is 12.3. The van der Waals surface area contributed by atoms with Crippen molar-refractivity contribution in [3.05, 3.63) is 35.6 Å². The molecular formula is C11H11ClN4S. The number of nitrogens with zero attached hydrogens (tertiary/aromatic N) is 2. The van der Waals surface area contributed by atoms with Crippen LogP contribution in [0.5, 0.6) is 0 Å².